The van der Waals surface area contributed by atoms with Crippen molar-refractivity contribution in [3.05, 3.63) is 74.7 Å². The Hall–Kier alpha value is -3.25. The summed E-state index contributed by atoms with van der Waals surface area (Å²) in [5.41, 5.74) is 6.39. The van der Waals surface area contributed by atoms with Crippen LogP contribution < -0.4 is 4.74 Å². The summed E-state index contributed by atoms with van der Waals surface area (Å²) in [5.74, 6) is -0.0574. The van der Waals surface area contributed by atoms with Gasteiger partial charge in [-0.05, 0) is 88.8 Å². The third-order valence-corrected chi connectivity index (χ3v) is 7.40. The number of benzene rings is 1. The van der Waals surface area contributed by atoms with Gasteiger partial charge in [-0.1, -0.05) is 23.3 Å². The number of hydrogen-bond donors (Lipinski definition) is 0. The van der Waals surface area contributed by atoms with Gasteiger partial charge in [-0.25, -0.2) is 4.79 Å². The van der Waals surface area contributed by atoms with E-state index in [1.807, 2.05) is 51.1 Å². The van der Waals surface area contributed by atoms with Crippen LogP contribution in [0, 0.1) is 13.8 Å². The van der Waals surface area contributed by atoms with E-state index < -0.39 is 5.97 Å². The highest BCUT2D eigenvalue weighted by molar-refractivity contribution is 6.32. The molecule has 6 nitrogen and oxygen atoms in total. The van der Waals surface area contributed by atoms with Crippen LogP contribution in [0.3, 0.4) is 0 Å². The lowest BCUT2D eigenvalue weighted by Crippen LogP contribution is -2.26. The highest BCUT2D eigenvalue weighted by atomic mass is 35.5. The molecule has 7 heteroatoms. The number of ether oxygens (including phenoxy) is 2. The summed E-state index contributed by atoms with van der Waals surface area (Å²) in [6, 6.07) is 7.63. The fourth-order valence-corrected chi connectivity index (χ4v) is 5.42. The molecule has 1 aliphatic heterocycles. The van der Waals surface area contributed by atoms with Crippen LogP contribution >= 0.6 is 11.6 Å². The predicted octanol–water partition coefficient (Wildman–Crippen LogP) is 6.32. The molecule has 0 fully saturated rings. The first-order valence-corrected chi connectivity index (χ1v) is 12.7. The number of nitrogens with zero attached hydrogens (tertiary/aromatic N) is 2. The van der Waals surface area contributed by atoms with Gasteiger partial charge in [-0.2, -0.15) is 0 Å². The third-order valence-electron chi connectivity index (χ3n) is 7.11. The number of methoxy groups -OCH3 is 2. The summed E-state index contributed by atoms with van der Waals surface area (Å²) in [7, 11) is 2.93. The van der Waals surface area contributed by atoms with E-state index in [4.69, 9.17) is 21.1 Å². The monoisotopic (exact) mass is 508 g/mol. The first-order valence-electron chi connectivity index (χ1n) is 12.3. The van der Waals surface area contributed by atoms with Crippen LogP contribution in [-0.4, -0.2) is 42.1 Å². The van der Waals surface area contributed by atoms with E-state index in [1.165, 1.54) is 25.5 Å². The Morgan fingerprint density at radius 2 is 1.92 bits per heavy atom. The van der Waals surface area contributed by atoms with Crippen molar-refractivity contribution < 1.29 is 19.1 Å². The van der Waals surface area contributed by atoms with Crippen LogP contribution in [0.4, 0.5) is 0 Å². The number of carbonyl (C=O) groups is 2. The molecule has 190 valence electrons. The second-order valence-electron chi connectivity index (χ2n) is 9.31. The van der Waals surface area contributed by atoms with E-state index in [1.54, 1.807) is 12.0 Å². The molecule has 36 heavy (non-hydrogen) atoms. The number of halogens is 1. The summed E-state index contributed by atoms with van der Waals surface area (Å²) in [4.78, 5) is 28.0. The lowest BCUT2D eigenvalue weighted by atomic mass is 9.97. The lowest BCUT2D eigenvalue weighted by Gasteiger charge is -2.20. The zero-order chi connectivity index (χ0) is 26.0. The number of allylic oxidation sites excluding steroid dienone is 2. The van der Waals surface area contributed by atoms with E-state index >= 15 is 0 Å². The van der Waals surface area contributed by atoms with Gasteiger partial charge in [-0.15, -0.1) is 0 Å². The normalized spacial score (nSPS) is 17.2. The fraction of sp³-hybridized carbons (Fsp3) is 0.379. The van der Waals surface area contributed by atoms with Crippen LogP contribution in [0.2, 0.25) is 5.02 Å². The van der Waals surface area contributed by atoms with Gasteiger partial charge in [0.2, 0.25) is 0 Å². The molecule has 0 saturated carbocycles. The Morgan fingerprint density at radius 1 is 1.14 bits per heavy atom. The van der Waals surface area contributed by atoms with E-state index in [2.05, 4.69) is 10.6 Å². The van der Waals surface area contributed by atoms with Gasteiger partial charge < -0.3 is 18.9 Å². The summed E-state index contributed by atoms with van der Waals surface area (Å²) in [6.45, 7) is 6.36. The molecule has 4 rings (SSSR count). The third kappa shape index (κ3) is 4.87. The van der Waals surface area contributed by atoms with Crippen molar-refractivity contribution in [2.45, 2.75) is 52.9 Å². The van der Waals surface area contributed by atoms with Crippen LogP contribution in [-0.2, 0) is 14.3 Å². The molecule has 2 aliphatic rings. The average Bonchev–Trinajstić information content (AvgIpc) is 3.28. The predicted molar refractivity (Wildman–Crippen MR) is 142 cm³/mol. The molecule has 2 heterocycles. The van der Waals surface area contributed by atoms with E-state index in [-0.39, 0.29) is 5.91 Å². The van der Waals surface area contributed by atoms with Crippen LogP contribution in [0.15, 0.2) is 52.8 Å². The van der Waals surface area contributed by atoms with Crippen LogP contribution in [0.25, 0.3) is 11.8 Å². The molecule has 0 saturated heterocycles. The van der Waals surface area contributed by atoms with E-state index in [0.29, 0.717) is 34.2 Å². The van der Waals surface area contributed by atoms with Gasteiger partial charge >= 0.3 is 5.97 Å². The summed E-state index contributed by atoms with van der Waals surface area (Å²) in [6.07, 6.45) is 9.53. The number of carbonyl (C=O) groups excluding carboxylic acids is 2. The number of esters is 1. The molecule has 2 aromatic rings. The van der Waals surface area contributed by atoms with Crippen molar-refractivity contribution in [1.29, 1.82) is 0 Å². The molecular formula is C29H33ClN2O4. The number of amides is 1. The van der Waals surface area contributed by atoms with Gasteiger partial charge in [0.25, 0.3) is 5.91 Å². The van der Waals surface area contributed by atoms with Gasteiger partial charge in [0, 0.05) is 29.3 Å². The maximum atomic E-state index is 13.6. The Morgan fingerprint density at radius 3 is 2.56 bits per heavy atom. The Kier molecular flexibility index (Phi) is 7.74. The second kappa shape index (κ2) is 10.8. The topological polar surface area (TPSA) is 60.8 Å². The van der Waals surface area contributed by atoms with Crippen molar-refractivity contribution in [3.63, 3.8) is 0 Å². The molecular weight excluding hydrogens is 476 g/mol. The first-order chi connectivity index (χ1) is 17.3. The Bertz CT molecular complexity index is 1300. The van der Waals surface area contributed by atoms with E-state index in [0.717, 1.165) is 41.9 Å². The number of rotatable bonds is 7. The zero-order valence-electron chi connectivity index (χ0n) is 21.6. The molecule has 1 aromatic heterocycles. The van der Waals surface area contributed by atoms with Gasteiger partial charge in [0.1, 0.15) is 5.75 Å². The van der Waals surface area contributed by atoms with Crippen molar-refractivity contribution in [3.8, 4) is 11.4 Å². The standard InChI is InChI=1S/C29H33ClN2O4/c1-18-15-22(19(2)32(18)23-11-12-26(35-4)25(30)17-23)16-24-27(29(34)36-5)20(3)31(28(24)33)14-13-21-9-7-6-8-10-21/h9,11-12,15-17H,6-8,10,13-14H2,1-5H3/b24-16-. The first kappa shape index (κ1) is 25.8. The van der Waals surface area contributed by atoms with Crippen molar-refractivity contribution >= 4 is 29.6 Å². The second-order valence-corrected chi connectivity index (χ2v) is 9.71. The van der Waals surface area contributed by atoms with Crippen molar-refractivity contribution in [2.75, 3.05) is 20.8 Å². The van der Waals surface area contributed by atoms with E-state index in [9.17, 15) is 9.59 Å². The number of aryl methyl sites for hydroxylation is 1. The SMILES string of the molecule is COC(=O)C1=C(C)N(CCC2=CCCCC2)C(=O)/C1=C\c1cc(C)n(-c2ccc(OC)c(Cl)c2)c1C. The molecule has 1 aromatic carbocycles. The summed E-state index contributed by atoms with van der Waals surface area (Å²) in [5, 5.41) is 0.517. The molecule has 0 atom stereocenters. The van der Waals surface area contributed by atoms with Crippen molar-refractivity contribution in [2.24, 2.45) is 0 Å². The molecule has 1 aliphatic carbocycles. The van der Waals surface area contributed by atoms with Gasteiger partial charge in [-0.3, -0.25) is 4.79 Å². The molecule has 0 spiro atoms. The Labute approximate surface area is 217 Å². The van der Waals surface area contributed by atoms with Crippen LogP contribution in [0.5, 0.6) is 5.75 Å². The summed E-state index contributed by atoms with van der Waals surface area (Å²) >= 11 is 6.37. The lowest BCUT2D eigenvalue weighted by molar-refractivity contribution is -0.136. The highest BCUT2D eigenvalue weighted by Crippen LogP contribution is 2.35. The average molecular weight is 509 g/mol. The minimum absolute atomic E-state index is 0.165. The molecule has 0 radical (unpaired) electrons. The highest BCUT2D eigenvalue weighted by Gasteiger charge is 2.37. The number of aromatic nitrogens is 1. The Balaban J connectivity index is 1.70. The summed E-state index contributed by atoms with van der Waals surface area (Å²) < 4.78 is 12.4. The minimum atomic E-state index is -0.498. The fourth-order valence-electron chi connectivity index (χ4n) is 5.17. The quantitative estimate of drug-likeness (QED) is 0.249. The maximum Gasteiger partial charge on any atom is 0.340 e. The smallest absolute Gasteiger partial charge is 0.340 e. The molecule has 0 bridgehead atoms. The van der Waals surface area contributed by atoms with Crippen LogP contribution in [0.1, 0.15) is 56.0 Å². The minimum Gasteiger partial charge on any atom is -0.495 e. The zero-order valence-corrected chi connectivity index (χ0v) is 22.4. The largest absolute Gasteiger partial charge is 0.495 e. The number of hydrogen-bond acceptors (Lipinski definition) is 4. The molecule has 0 N–H and O–H groups in total. The van der Waals surface area contributed by atoms with Gasteiger partial charge in [0.15, 0.2) is 0 Å². The van der Waals surface area contributed by atoms with Crippen molar-refractivity contribution in [1.82, 2.24) is 9.47 Å². The van der Waals surface area contributed by atoms with Gasteiger partial charge in [0.05, 0.1) is 30.4 Å². The molecule has 0 unspecified atom stereocenters. The molecule has 1 amide bonds. The maximum absolute atomic E-state index is 13.6.